The van der Waals surface area contributed by atoms with Crippen molar-refractivity contribution in [3.63, 3.8) is 0 Å². The smallest absolute Gasteiger partial charge is 0.351 e. The normalized spacial score (nSPS) is 16.0. The van der Waals surface area contributed by atoms with Crippen LogP contribution in [0.15, 0.2) is 48.8 Å². The lowest BCUT2D eigenvalue weighted by Gasteiger charge is -2.33. The molecular formula is C21H21F4N3O2. The van der Waals surface area contributed by atoms with Gasteiger partial charge in [0.05, 0.1) is 5.69 Å². The van der Waals surface area contributed by atoms with Crippen LogP contribution in [0, 0.1) is 5.82 Å². The molecule has 1 N–H and O–H groups in total. The van der Waals surface area contributed by atoms with Crippen LogP contribution in [-0.2, 0) is 9.59 Å². The van der Waals surface area contributed by atoms with Gasteiger partial charge in [0, 0.05) is 18.4 Å². The number of alkyl halides is 3. The van der Waals surface area contributed by atoms with E-state index in [1.807, 2.05) is 0 Å². The van der Waals surface area contributed by atoms with Crippen molar-refractivity contribution >= 4 is 17.5 Å². The number of nitrogens with zero attached hydrogens (tertiary/aromatic N) is 2. The SMILES string of the molecule is O=C(NC1CCCCC1)[C@H](c1ccncc1)N(C(=O)C(F)(F)F)c1ccccc1F. The molecule has 1 aliphatic rings. The summed E-state index contributed by atoms with van der Waals surface area (Å²) in [6.45, 7) is 0. The number of aromatic nitrogens is 1. The molecule has 30 heavy (non-hydrogen) atoms. The van der Waals surface area contributed by atoms with E-state index in [4.69, 9.17) is 0 Å². The number of hydrogen-bond acceptors (Lipinski definition) is 3. The first-order chi connectivity index (χ1) is 14.3. The van der Waals surface area contributed by atoms with Crippen LogP contribution in [0.25, 0.3) is 0 Å². The fourth-order valence-electron chi connectivity index (χ4n) is 3.64. The third-order valence-corrected chi connectivity index (χ3v) is 5.05. The number of anilines is 1. The Bertz CT molecular complexity index is 883. The van der Waals surface area contributed by atoms with Crippen molar-refractivity contribution in [2.24, 2.45) is 0 Å². The van der Waals surface area contributed by atoms with Gasteiger partial charge in [-0.1, -0.05) is 31.4 Å². The summed E-state index contributed by atoms with van der Waals surface area (Å²) >= 11 is 0. The lowest BCUT2D eigenvalue weighted by molar-refractivity contribution is -0.171. The van der Waals surface area contributed by atoms with Crippen LogP contribution in [0.4, 0.5) is 23.2 Å². The molecular weight excluding hydrogens is 402 g/mol. The summed E-state index contributed by atoms with van der Waals surface area (Å²) in [6, 6.07) is 5.33. The van der Waals surface area contributed by atoms with Crippen molar-refractivity contribution in [2.45, 2.75) is 50.4 Å². The zero-order valence-corrected chi connectivity index (χ0v) is 16.0. The van der Waals surface area contributed by atoms with Gasteiger partial charge >= 0.3 is 12.1 Å². The van der Waals surface area contributed by atoms with Crippen LogP contribution >= 0.6 is 0 Å². The van der Waals surface area contributed by atoms with Gasteiger partial charge in [-0.3, -0.25) is 19.5 Å². The number of nitrogens with one attached hydrogen (secondary N) is 1. The van der Waals surface area contributed by atoms with Crippen LogP contribution in [0.5, 0.6) is 0 Å². The topological polar surface area (TPSA) is 62.3 Å². The average Bonchev–Trinajstić information content (AvgIpc) is 2.73. The van der Waals surface area contributed by atoms with Gasteiger partial charge in [-0.05, 0) is 42.7 Å². The van der Waals surface area contributed by atoms with Crippen LogP contribution in [-0.4, -0.2) is 29.0 Å². The fourth-order valence-corrected chi connectivity index (χ4v) is 3.64. The second-order valence-electron chi connectivity index (χ2n) is 7.15. The number of amides is 2. The van der Waals surface area contributed by atoms with Gasteiger partial charge < -0.3 is 5.32 Å². The number of para-hydroxylation sites is 1. The molecule has 1 atom stereocenters. The van der Waals surface area contributed by atoms with Gasteiger partial charge in [-0.15, -0.1) is 0 Å². The predicted octanol–water partition coefficient (Wildman–Crippen LogP) is 4.31. The van der Waals surface area contributed by atoms with Crippen molar-refractivity contribution in [2.75, 3.05) is 4.90 Å². The van der Waals surface area contributed by atoms with E-state index in [1.54, 1.807) is 0 Å². The fraction of sp³-hybridized carbons (Fsp3) is 0.381. The van der Waals surface area contributed by atoms with E-state index in [1.165, 1.54) is 36.7 Å². The highest BCUT2D eigenvalue weighted by molar-refractivity contribution is 6.03. The quantitative estimate of drug-likeness (QED) is 0.730. The minimum atomic E-state index is -5.31. The van der Waals surface area contributed by atoms with Crippen molar-refractivity contribution in [1.29, 1.82) is 0 Å². The summed E-state index contributed by atoms with van der Waals surface area (Å²) in [4.78, 5) is 29.5. The second kappa shape index (κ2) is 9.23. The molecule has 160 valence electrons. The monoisotopic (exact) mass is 423 g/mol. The third kappa shape index (κ3) is 4.95. The number of hydrogen-bond donors (Lipinski definition) is 1. The Kier molecular flexibility index (Phi) is 6.69. The standard InChI is InChI=1S/C21H21F4N3O2/c22-16-8-4-5-9-17(16)28(20(30)21(23,24)25)18(14-10-12-26-13-11-14)19(29)27-15-6-2-1-3-7-15/h4-5,8-13,15,18H,1-3,6-7H2,(H,27,29)/t18-/m0/s1. The molecule has 0 bridgehead atoms. The van der Waals surface area contributed by atoms with E-state index in [0.717, 1.165) is 31.4 Å². The van der Waals surface area contributed by atoms with Gasteiger partial charge in [0.15, 0.2) is 0 Å². The minimum Gasteiger partial charge on any atom is -0.351 e. The zero-order valence-electron chi connectivity index (χ0n) is 16.0. The van der Waals surface area contributed by atoms with Gasteiger partial charge in [0.25, 0.3) is 0 Å². The number of carbonyl (C=O) groups excluding carboxylic acids is 2. The molecule has 0 aliphatic heterocycles. The molecule has 0 radical (unpaired) electrons. The summed E-state index contributed by atoms with van der Waals surface area (Å²) < 4.78 is 54.9. The predicted molar refractivity (Wildman–Crippen MR) is 102 cm³/mol. The molecule has 5 nitrogen and oxygen atoms in total. The third-order valence-electron chi connectivity index (χ3n) is 5.05. The summed E-state index contributed by atoms with van der Waals surface area (Å²) in [6.07, 6.45) is 1.49. The lowest BCUT2D eigenvalue weighted by atomic mass is 9.94. The highest BCUT2D eigenvalue weighted by atomic mass is 19.4. The molecule has 2 amide bonds. The molecule has 2 aromatic rings. The van der Waals surface area contributed by atoms with Gasteiger partial charge in [0.2, 0.25) is 5.91 Å². The number of halogens is 4. The minimum absolute atomic E-state index is 0.0964. The molecule has 1 aromatic carbocycles. The number of carbonyl (C=O) groups is 2. The van der Waals surface area contributed by atoms with Crippen LogP contribution < -0.4 is 10.2 Å². The molecule has 1 fully saturated rings. The van der Waals surface area contributed by atoms with E-state index in [0.29, 0.717) is 12.8 Å². The Morgan fingerprint density at radius 2 is 1.67 bits per heavy atom. The summed E-state index contributed by atoms with van der Waals surface area (Å²) in [7, 11) is 0. The maximum absolute atomic E-state index is 14.5. The molecule has 0 saturated heterocycles. The van der Waals surface area contributed by atoms with E-state index < -0.39 is 35.5 Å². The Hall–Kier alpha value is -2.97. The zero-order chi connectivity index (χ0) is 21.7. The van der Waals surface area contributed by atoms with E-state index in [-0.39, 0.29) is 16.5 Å². The largest absolute Gasteiger partial charge is 0.471 e. The molecule has 3 rings (SSSR count). The Morgan fingerprint density at radius 1 is 1.03 bits per heavy atom. The summed E-state index contributed by atoms with van der Waals surface area (Å²) in [5.74, 6) is -4.17. The number of rotatable bonds is 5. The molecule has 1 saturated carbocycles. The lowest BCUT2D eigenvalue weighted by Crippen LogP contribution is -2.51. The van der Waals surface area contributed by atoms with Gasteiger partial charge in [0.1, 0.15) is 11.9 Å². The Labute approximate surface area is 171 Å². The van der Waals surface area contributed by atoms with Crippen molar-refractivity contribution in [1.82, 2.24) is 10.3 Å². The molecule has 0 spiro atoms. The first kappa shape index (κ1) is 21.7. The maximum atomic E-state index is 14.5. The second-order valence-corrected chi connectivity index (χ2v) is 7.15. The summed E-state index contributed by atoms with van der Waals surface area (Å²) in [5.41, 5.74) is -0.528. The van der Waals surface area contributed by atoms with Crippen molar-refractivity contribution in [3.05, 3.63) is 60.2 Å². The first-order valence-electron chi connectivity index (χ1n) is 9.64. The molecule has 9 heteroatoms. The van der Waals surface area contributed by atoms with Crippen LogP contribution in [0.3, 0.4) is 0 Å². The number of pyridine rings is 1. The first-order valence-corrected chi connectivity index (χ1v) is 9.64. The molecule has 1 aromatic heterocycles. The highest BCUT2D eigenvalue weighted by Crippen LogP contribution is 2.34. The number of benzene rings is 1. The average molecular weight is 423 g/mol. The maximum Gasteiger partial charge on any atom is 0.471 e. The van der Waals surface area contributed by atoms with E-state index >= 15 is 0 Å². The van der Waals surface area contributed by atoms with Crippen molar-refractivity contribution < 1.29 is 27.2 Å². The van der Waals surface area contributed by atoms with Crippen LogP contribution in [0.2, 0.25) is 0 Å². The van der Waals surface area contributed by atoms with Gasteiger partial charge in [-0.25, -0.2) is 4.39 Å². The molecule has 1 aliphatic carbocycles. The highest BCUT2D eigenvalue weighted by Gasteiger charge is 2.48. The summed E-state index contributed by atoms with van der Waals surface area (Å²) in [5, 5.41) is 2.75. The van der Waals surface area contributed by atoms with Gasteiger partial charge in [-0.2, -0.15) is 13.2 Å². The van der Waals surface area contributed by atoms with Crippen LogP contribution in [0.1, 0.15) is 43.7 Å². The van der Waals surface area contributed by atoms with E-state index in [2.05, 4.69) is 10.3 Å². The Balaban J connectivity index is 2.08. The van der Waals surface area contributed by atoms with E-state index in [9.17, 15) is 27.2 Å². The van der Waals surface area contributed by atoms with Crippen molar-refractivity contribution in [3.8, 4) is 0 Å². The Morgan fingerprint density at radius 3 is 2.27 bits per heavy atom. The molecule has 1 heterocycles. The molecule has 0 unspecified atom stereocenters.